The van der Waals surface area contributed by atoms with Crippen molar-refractivity contribution in [3.8, 4) is 0 Å². The molecule has 146 valence electrons. The van der Waals surface area contributed by atoms with Crippen LogP contribution in [0.25, 0.3) is 16.5 Å². The van der Waals surface area contributed by atoms with E-state index in [-0.39, 0.29) is 18.2 Å². The number of hydrogen-bond acceptors (Lipinski definition) is 3. The molecule has 4 nitrogen and oxygen atoms in total. The molecule has 1 aromatic heterocycles. The van der Waals surface area contributed by atoms with E-state index in [0.717, 1.165) is 42.1 Å². The number of fused-ring (bicyclic) bond motifs is 3. The lowest BCUT2D eigenvalue weighted by atomic mass is 9.83. The third kappa shape index (κ3) is 3.63. The maximum atomic E-state index is 12.9. The van der Waals surface area contributed by atoms with Crippen molar-refractivity contribution in [3.63, 3.8) is 0 Å². The predicted molar refractivity (Wildman–Crippen MR) is 114 cm³/mol. The average molecular weight is 384 g/mol. The van der Waals surface area contributed by atoms with Crippen LogP contribution >= 0.6 is 0 Å². The van der Waals surface area contributed by atoms with Crippen molar-refractivity contribution < 1.29 is 9.53 Å². The Hall–Kier alpha value is -3.14. The van der Waals surface area contributed by atoms with E-state index in [1.807, 2.05) is 47.5 Å². The van der Waals surface area contributed by atoms with Gasteiger partial charge in [0.1, 0.15) is 6.61 Å². The standard InChI is InChI=1S/C25H24N2O2/c28-25(29-17-18-6-2-1-3-7-18)27-22-9-4-10-23(27)16-21(15-22)19-11-12-24-20(14-19)8-5-13-26-24/h1-3,5-8,11-15,22-23H,4,9-10,16-17H2. The summed E-state index contributed by atoms with van der Waals surface area (Å²) >= 11 is 0. The van der Waals surface area contributed by atoms with Gasteiger partial charge in [0.05, 0.1) is 11.6 Å². The Labute approximate surface area is 170 Å². The topological polar surface area (TPSA) is 42.4 Å². The summed E-state index contributed by atoms with van der Waals surface area (Å²) in [7, 11) is 0. The molecule has 2 bridgehead atoms. The molecular formula is C25H24N2O2. The fourth-order valence-corrected chi connectivity index (χ4v) is 4.60. The van der Waals surface area contributed by atoms with Gasteiger partial charge in [-0.15, -0.1) is 0 Å². The van der Waals surface area contributed by atoms with Gasteiger partial charge in [0.15, 0.2) is 0 Å². The number of benzene rings is 2. The summed E-state index contributed by atoms with van der Waals surface area (Å²) in [5.74, 6) is 0. The first-order valence-corrected chi connectivity index (χ1v) is 10.3. The van der Waals surface area contributed by atoms with E-state index in [2.05, 4.69) is 35.3 Å². The number of aromatic nitrogens is 1. The Kier molecular flexibility index (Phi) is 4.76. The monoisotopic (exact) mass is 384 g/mol. The van der Waals surface area contributed by atoms with E-state index in [1.54, 1.807) is 0 Å². The highest BCUT2D eigenvalue weighted by molar-refractivity contribution is 5.84. The van der Waals surface area contributed by atoms with Crippen LogP contribution in [0.15, 0.2) is 72.9 Å². The third-order valence-electron chi connectivity index (χ3n) is 6.03. The smallest absolute Gasteiger partial charge is 0.410 e. The molecule has 0 spiro atoms. The first-order chi connectivity index (χ1) is 14.3. The molecule has 3 heterocycles. The molecule has 3 aromatic rings. The Morgan fingerprint density at radius 3 is 2.83 bits per heavy atom. The van der Waals surface area contributed by atoms with Crippen molar-refractivity contribution in [2.45, 2.75) is 44.4 Å². The lowest BCUT2D eigenvalue weighted by Crippen LogP contribution is -2.51. The highest BCUT2D eigenvalue weighted by atomic mass is 16.6. The molecule has 1 saturated heterocycles. The van der Waals surface area contributed by atoms with E-state index in [0.29, 0.717) is 6.61 Å². The maximum absolute atomic E-state index is 12.9. The number of carbonyl (C=O) groups is 1. The second-order valence-electron chi connectivity index (χ2n) is 7.91. The Morgan fingerprint density at radius 1 is 1.07 bits per heavy atom. The molecule has 0 aliphatic carbocycles. The lowest BCUT2D eigenvalue weighted by molar-refractivity contribution is 0.0510. The van der Waals surface area contributed by atoms with Crippen LogP contribution in [0, 0.1) is 0 Å². The van der Waals surface area contributed by atoms with E-state index >= 15 is 0 Å². The molecule has 5 rings (SSSR count). The molecule has 2 atom stereocenters. The second kappa shape index (κ2) is 7.70. The molecule has 4 heteroatoms. The number of amides is 1. The van der Waals surface area contributed by atoms with Crippen LogP contribution in [-0.4, -0.2) is 28.1 Å². The Balaban J connectivity index is 1.36. The summed E-state index contributed by atoms with van der Waals surface area (Å²) < 4.78 is 5.65. The number of rotatable bonds is 3. The number of carbonyl (C=O) groups excluding carboxylic acids is 1. The molecule has 29 heavy (non-hydrogen) atoms. The van der Waals surface area contributed by atoms with Gasteiger partial charge < -0.3 is 4.74 Å². The van der Waals surface area contributed by atoms with Gasteiger partial charge in [-0.1, -0.05) is 48.5 Å². The molecule has 1 amide bonds. The summed E-state index contributed by atoms with van der Waals surface area (Å²) in [5, 5.41) is 1.15. The van der Waals surface area contributed by atoms with Crippen molar-refractivity contribution in [2.24, 2.45) is 0 Å². The van der Waals surface area contributed by atoms with Crippen molar-refractivity contribution in [3.05, 3.63) is 84.1 Å². The fraction of sp³-hybridized carbons (Fsp3) is 0.280. The summed E-state index contributed by atoms with van der Waals surface area (Å²) in [6, 6.07) is 20.7. The molecule has 2 aliphatic heterocycles. The second-order valence-corrected chi connectivity index (χ2v) is 7.91. The van der Waals surface area contributed by atoms with Gasteiger partial charge in [-0.3, -0.25) is 9.88 Å². The van der Waals surface area contributed by atoms with Crippen molar-refractivity contribution >= 4 is 22.6 Å². The Morgan fingerprint density at radius 2 is 1.97 bits per heavy atom. The number of piperidine rings is 1. The minimum Gasteiger partial charge on any atom is -0.445 e. The van der Waals surface area contributed by atoms with E-state index in [1.165, 1.54) is 11.1 Å². The summed E-state index contributed by atoms with van der Waals surface area (Å²) in [6.45, 7) is 0.323. The van der Waals surface area contributed by atoms with Gasteiger partial charge in [-0.25, -0.2) is 4.79 Å². The summed E-state index contributed by atoms with van der Waals surface area (Å²) in [6.07, 6.45) is 7.97. The zero-order chi connectivity index (χ0) is 19.6. The highest BCUT2D eigenvalue weighted by Gasteiger charge is 2.38. The fourth-order valence-electron chi connectivity index (χ4n) is 4.60. The largest absolute Gasteiger partial charge is 0.445 e. The van der Waals surface area contributed by atoms with Crippen LogP contribution < -0.4 is 0 Å². The molecule has 2 unspecified atom stereocenters. The number of ether oxygens (including phenoxy) is 1. The number of hydrogen-bond donors (Lipinski definition) is 0. The predicted octanol–water partition coefficient (Wildman–Crippen LogP) is 5.58. The van der Waals surface area contributed by atoms with Gasteiger partial charge in [0.2, 0.25) is 0 Å². The third-order valence-corrected chi connectivity index (χ3v) is 6.03. The van der Waals surface area contributed by atoms with Gasteiger partial charge in [0, 0.05) is 17.6 Å². The lowest BCUT2D eigenvalue weighted by Gasteiger charge is -2.44. The molecule has 0 N–H and O–H groups in total. The zero-order valence-electron chi connectivity index (χ0n) is 16.3. The van der Waals surface area contributed by atoms with Crippen LogP contribution in [0.3, 0.4) is 0 Å². The van der Waals surface area contributed by atoms with Crippen molar-refractivity contribution in [1.82, 2.24) is 9.88 Å². The van der Waals surface area contributed by atoms with Gasteiger partial charge in [-0.05, 0) is 60.6 Å². The van der Waals surface area contributed by atoms with Crippen LogP contribution in [0.4, 0.5) is 4.79 Å². The normalized spacial score (nSPS) is 21.0. The van der Waals surface area contributed by atoms with Crippen LogP contribution in [0.2, 0.25) is 0 Å². The van der Waals surface area contributed by atoms with Gasteiger partial charge in [0.25, 0.3) is 0 Å². The van der Waals surface area contributed by atoms with E-state index in [4.69, 9.17) is 4.74 Å². The summed E-state index contributed by atoms with van der Waals surface area (Å²) in [4.78, 5) is 19.3. The minimum absolute atomic E-state index is 0.116. The van der Waals surface area contributed by atoms with Crippen molar-refractivity contribution in [1.29, 1.82) is 0 Å². The summed E-state index contributed by atoms with van der Waals surface area (Å²) in [5.41, 5.74) is 4.60. The zero-order valence-corrected chi connectivity index (χ0v) is 16.3. The van der Waals surface area contributed by atoms with Crippen LogP contribution in [0.1, 0.15) is 36.8 Å². The molecule has 1 fully saturated rings. The SMILES string of the molecule is O=C(OCc1ccccc1)N1C2C=C(c3ccc4ncccc4c3)CC1CCC2. The maximum Gasteiger partial charge on any atom is 0.410 e. The molecule has 2 aromatic carbocycles. The minimum atomic E-state index is -0.193. The van der Waals surface area contributed by atoms with Gasteiger partial charge >= 0.3 is 6.09 Å². The first-order valence-electron chi connectivity index (χ1n) is 10.3. The van der Waals surface area contributed by atoms with Crippen LogP contribution in [-0.2, 0) is 11.3 Å². The number of pyridine rings is 1. The van der Waals surface area contributed by atoms with Gasteiger partial charge in [-0.2, -0.15) is 0 Å². The highest BCUT2D eigenvalue weighted by Crippen LogP contribution is 2.38. The van der Waals surface area contributed by atoms with E-state index in [9.17, 15) is 4.79 Å². The Bertz CT molecular complexity index is 1060. The van der Waals surface area contributed by atoms with E-state index < -0.39 is 0 Å². The molecular weight excluding hydrogens is 360 g/mol. The molecule has 0 radical (unpaired) electrons. The van der Waals surface area contributed by atoms with Crippen molar-refractivity contribution in [2.75, 3.05) is 0 Å². The number of nitrogens with zero attached hydrogens (tertiary/aromatic N) is 2. The first kappa shape index (κ1) is 17.9. The average Bonchev–Trinajstić information content (AvgIpc) is 2.77. The van der Waals surface area contributed by atoms with Crippen LogP contribution in [0.5, 0.6) is 0 Å². The quantitative estimate of drug-likeness (QED) is 0.592. The molecule has 2 aliphatic rings. The molecule has 0 saturated carbocycles.